The van der Waals surface area contributed by atoms with Crippen LogP contribution in [0.3, 0.4) is 0 Å². The number of rotatable bonds is 5. The molecular weight excluding hydrogens is 434 g/mol. The van der Waals surface area contributed by atoms with Crippen molar-refractivity contribution < 1.29 is 32.8 Å². The van der Waals surface area contributed by atoms with Gasteiger partial charge in [0, 0.05) is 11.6 Å². The Kier molecular flexibility index (Phi) is 5.15. The lowest BCUT2D eigenvalue weighted by atomic mass is 10.1. The lowest BCUT2D eigenvalue weighted by Gasteiger charge is -2.20. The molecule has 10 heteroatoms. The summed E-state index contributed by atoms with van der Waals surface area (Å²) in [6.45, 7) is 4.04. The van der Waals surface area contributed by atoms with Crippen LogP contribution < -0.4 is 9.75 Å². The first kappa shape index (κ1) is 21.1. The number of aromatic hydroxyl groups is 1. The fourth-order valence-electron chi connectivity index (χ4n) is 3.30. The highest BCUT2D eigenvalue weighted by Crippen LogP contribution is 2.34. The number of ether oxygens (including phenoxy) is 1. The van der Waals surface area contributed by atoms with Crippen LogP contribution in [-0.4, -0.2) is 48.9 Å². The van der Waals surface area contributed by atoms with Gasteiger partial charge >= 0.3 is 5.97 Å². The van der Waals surface area contributed by atoms with Crippen LogP contribution in [0.2, 0.25) is 0 Å². The number of hydrazine groups is 1. The minimum absolute atomic E-state index is 0.0545. The minimum Gasteiger partial charge on any atom is -0.504 e. The molecule has 0 saturated carbocycles. The summed E-state index contributed by atoms with van der Waals surface area (Å²) in [5, 5.41) is 20.6. The number of phenols is 1. The molecule has 0 aliphatic carbocycles. The topological polar surface area (TPSA) is 120 Å². The molecule has 0 unspecified atom stereocenters. The summed E-state index contributed by atoms with van der Waals surface area (Å²) in [6, 6.07) is 16.7. The second kappa shape index (κ2) is 7.82. The van der Waals surface area contributed by atoms with E-state index in [-0.39, 0.29) is 27.8 Å². The molecule has 0 fully saturated rings. The fraction of sp³-hybridized carbons (Fsp3) is 0.0455. The second-order valence-electron chi connectivity index (χ2n) is 6.81. The van der Waals surface area contributed by atoms with Gasteiger partial charge in [0.1, 0.15) is 10.6 Å². The van der Waals surface area contributed by atoms with Gasteiger partial charge in [0.05, 0.1) is 18.7 Å². The third-order valence-electron chi connectivity index (χ3n) is 4.87. The van der Waals surface area contributed by atoms with Crippen LogP contribution in [0.15, 0.2) is 76.0 Å². The van der Waals surface area contributed by atoms with Gasteiger partial charge in [-0.1, -0.05) is 21.8 Å². The van der Waals surface area contributed by atoms with Crippen LogP contribution >= 0.6 is 0 Å². The van der Waals surface area contributed by atoms with E-state index in [1.54, 1.807) is 24.3 Å². The summed E-state index contributed by atoms with van der Waals surface area (Å²) in [5.74, 6) is -0.887. The Morgan fingerprint density at radius 2 is 1.78 bits per heavy atom. The number of sulfonamides is 1. The molecule has 2 N–H and O–H groups in total. The van der Waals surface area contributed by atoms with Gasteiger partial charge in [-0.15, -0.1) is 4.40 Å². The quantitative estimate of drug-likeness (QED) is 0.347. The molecule has 32 heavy (non-hydrogen) atoms. The van der Waals surface area contributed by atoms with Crippen molar-refractivity contribution in [1.82, 2.24) is 0 Å². The van der Waals surface area contributed by atoms with Gasteiger partial charge in [0.15, 0.2) is 18.2 Å². The van der Waals surface area contributed by atoms with Gasteiger partial charge in [-0.25, -0.2) is 4.79 Å². The number of benzene rings is 3. The number of carbonyl (C=O) groups is 1. The van der Waals surface area contributed by atoms with Gasteiger partial charge in [0.25, 0.3) is 10.0 Å². The van der Waals surface area contributed by atoms with Crippen LogP contribution in [0.4, 0.5) is 11.4 Å². The highest BCUT2D eigenvalue weighted by molar-refractivity contribution is 7.90. The van der Waals surface area contributed by atoms with Crippen LogP contribution in [0.1, 0.15) is 15.9 Å². The van der Waals surface area contributed by atoms with Gasteiger partial charge in [-0.3, -0.25) is 0 Å². The first-order valence-electron chi connectivity index (χ1n) is 9.28. The van der Waals surface area contributed by atoms with E-state index in [0.29, 0.717) is 16.9 Å². The smallest absolute Gasteiger partial charge is 0.335 e. The Labute approximate surface area is 183 Å². The molecule has 162 valence electrons. The third-order valence-corrected chi connectivity index (χ3v) is 6.20. The van der Waals surface area contributed by atoms with Crippen molar-refractivity contribution in [3.63, 3.8) is 0 Å². The molecule has 4 rings (SSSR count). The number of amidine groups is 1. The molecule has 1 aliphatic rings. The number of carboxylic acid groups (broad SMARTS) is 1. The van der Waals surface area contributed by atoms with Crippen molar-refractivity contribution in [2.24, 2.45) is 4.40 Å². The number of methoxy groups -OCH3 is 1. The van der Waals surface area contributed by atoms with Crippen molar-refractivity contribution >= 4 is 39.9 Å². The molecule has 0 spiro atoms. The monoisotopic (exact) mass is 452 g/mol. The summed E-state index contributed by atoms with van der Waals surface area (Å²) < 4.78 is 35.8. The number of hydrogen-bond donors (Lipinski definition) is 2. The first-order valence-corrected chi connectivity index (χ1v) is 10.7. The molecule has 3 aromatic rings. The van der Waals surface area contributed by atoms with E-state index < -0.39 is 16.0 Å². The maximum absolute atomic E-state index is 12.7. The molecule has 1 aliphatic heterocycles. The number of hydrazone groups is 1. The molecule has 0 bridgehead atoms. The van der Waals surface area contributed by atoms with Crippen LogP contribution in [-0.2, 0) is 10.0 Å². The summed E-state index contributed by atoms with van der Waals surface area (Å²) in [7, 11) is -2.53. The van der Waals surface area contributed by atoms with Gasteiger partial charge < -0.3 is 14.9 Å². The standard InChI is InChI=1S/C22H17N3O6S/c1-24(16-11-12-18(26)19(13-16)31-2)25(15-9-7-14(8-10-15)22(27)28)21-17-5-3-4-6-20(17)32(29,30)23-21/h3-13H,1H2,2H3,(H-,26,27,28)/p+1. The van der Waals surface area contributed by atoms with Crippen LogP contribution in [0, 0.1) is 0 Å². The maximum Gasteiger partial charge on any atom is 0.335 e. The van der Waals surface area contributed by atoms with E-state index in [0.717, 1.165) is 0 Å². The van der Waals surface area contributed by atoms with E-state index in [1.165, 1.54) is 59.3 Å². The molecule has 0 aromatic heterocycles. The van der Waals surface area contributed by atoms with Gasteiger partial charge in [0.2, 0.25) is 11.5 Å². The number of nitrogens with zero attached hydrogens (tertiary/aromatic N) is 3. The fourth-order valence-corrected chi connectivity index (χ4v) is 4.49. The highest BCUT2D eigenvalue weighted by Gasteiger charge is 2.37. The lowest BCUT2D eigenvalue weighted by molar-refractivity contribution is -0.430. The van der Waals surface area contributed by atoms with Gasteiger partial charge in [-0.05, 0) is 42.5 Å². The van der Waals surface area contributed by atoms with E-state index in [1.807, 2.05) is 0 Å². The summed E-state index contributed by atoms with van der Waals surface area (Å²) >= 11 is 0. The van der Waals surface area contributed by atoms with Crippen molar-refractivity contribution in [2.45, 2.75) is 4.90 Å². The zero-order valence-corrected chi connectivity index (χ0v) is 17.7. The molecule has 0 radical (unpaired) electrons. The molecule has 1 heterocycles. The largest absolute Gasteiger partial charge is 0.504 e. The van der Waals surface area contributed by atoms with Crippen molar-refractivity contribution in [3.05, 3.63) is 77.9 Å². The van der Waals surface area contributed by atoms with E-state index in [9.17, 15) is 23.4 Å². The minimum atomic E-state index is -3.93. The molecule has 0 amide bonds. The SMILES string of the molecule is C=[N+](c1ccc(O)c(OC)c1)N(C1=NS(=O)(=O)c2ccccc21)c1ccc(C(=O)O)cc1. The maximum atomic E-state index is 12.7. The second-order valence-corrected chi connectivity index (χ2v) is 8.38. The summed E-state index contributed by atoms with van der Waals surface area (Å²) in [5.41, 5.74) is 1.31. The normalized spacial score (nSPS) is 13.7. The highest BCUT2D eigenvalue weighted by atomic mass is 32.2. The van der Waals surface area contributed by atoms with Crippen LogP contribution in [0.5, 0.6) is 11.5 Å². The zero-order chi connectivity index (χ0) is 23.0. The summed E-state index contributed by atoms with van der Waals surface area (Å²) in [4.78, 5) is 11.3. The van der Waals surface area contributed by atoms with E-state index >= 15 is 0 Å². The molecular formula is C22H18N3O6S+. The Morgan fingerprint density at radius 3 is 2.44 bits per heavy atom. The Morgan fingerprint density at radius 1 is 1.09 bits per heavy atom. The number of phenolic OH excluding ortho intramolecular Hbond substituents is 1. The van der Waals surface area contributed by atoms with Crippen molar-refractivity contribution in [3.8, 4) is 11.5 Å². The average Bonchev–Trinajstić information content (AvgIpc) is 3.05. The van der Waals surface area contributed by atoms with Crippen molar-refractivity contribution in [2.75, 3.05) is 12.1 Å². The number of aromatic carboxylic acids is 1. The average molecular weight is 452 g/mol. The number of anilines is 1. The predicted octanol–water partition coefficient (Wildman–Crippen LogP) is 3.01. The molecule has 3 aromatic carbocycles. The van der Waals surface area contributed by atoms with Crippen LogP contribution in [0.25, 0.3) is 0 Å². The van der Waals surface area contributed by atoms with Gasteiger partial charge in [-0.2, -0.15) is 8.42 Å². The first-order chi connectivity index (χ1) is 15.2. The molecule has 0 atom stereocenters. The molecule has 0 saturated heterocycles. The number of carboxylic acids is 1. The Balaban J connectivity index is 1.90. The van der Waals surface area contributed by atoms with E-state index in [2.05, 4.69) is 11.1 Å². The Hall–Kier alpha value is -4.18. The Bertz CT molecular complexity index is 1380. The number of fused-ring (bicyclic) bond motifs is 1. The zero-order valence-electron chi connectivity index (χ0n) is 16.8. The molecule has 9 nitrogen and oxygen atoms in total. The predicted molar refractivity (Wildman–Crippen MR) is 118 cm³/mol. The van der Waals surface area contributed by atoms with E-state index in [4.69, 9.17) is 4.74 Å². The third kappa shape index (κ3) is 3.56. The summed E-state index contributed by atoms with van der Waals surface area (Å²) in [6.07, 6.45) is 0. The number of hydrogen-bond acceptors (Lipinski definition) is 6. The lowest BCUT2D eigenvalue weighted by Crippen LogP contribution is -2.37. The van der Waals surface area contributed by atoms with Crippen molar-refractivity contribution in [1.29, 1.82) is 0 Å².